The Kier molecular flexibility index (Phi) is 5.99. The van der Waals surface area contributed by atoms with Gasteiger partial charge in [-0.15, -0.1) is 0 Å². The van der Waals surface area contributed by atoms with E-state index in [1.165, 1.54) is 36.8 Å². The number of fused-ring (bicyclic) bond motifs is 1. The van der Waals surface area contributed by atoms with E-state index >= 15 is 0 Å². The Balaban J connectivity index is 1.74. The van der Waals surface area contributed by atoms with Crippen molar-refractivity contribution in [2.24, 2.45) is 0 Å². The molecule has 2 rings (SSSR count). The Hall–Kier alpha value is -0.730. The van der Waals surface area contributed by atoms with Crippen LogP contribution in [-0.2, 0) is 12.8 Å². The highest BCUT2D eigenvalue weighted by Gasteiger charge is 2.16. The average molecular weight is 282 g/mol. The third-order valence-electron chi connectivity index (χ3n) is 3.63. The molecule has 19 heavy (non-hydrogen) atoms. The summed E-state index contributed by atoms with van der Waals surface area (Å²) in [4.78, 5) is 0. The molecule has 0 radical (unpaired) electrons. The number of aryl methyl sites for hydroxylation is 1. The maximum Gasteiger partial charge on any atom is 0.125 e. The molecule has 1 aliphatic rings. The predicted octanol–water partition coefficient (Wildman–Crippen LogP) is 3.99. The molecule has 106 valence electrons. The van der Waals surface area contributed by atoms with Gasteiger partial charge in [0.05, 0.1) is 6.61 Å². The highest BCUT2D eigenvalue weighted by atomic mass is 35.5. The van der Waals surface area contributed by atoms with Crippen LogP contribution in [0.1, 0.15) is 43.7 Å². The summed E-state index contributed by atoms with van der Waals surface area (Å²) in [7, 11) is 0. The van der Waals surface area contributed by atoms with Crippen LogP contribution in [0.15, 0.2) is 12.1 Å². The molecular weight excluding hydrogens is 258 g/mol. The van der Waals surface area contributed by atoms with E-state index in [1.807, 2.05) is 6.07 Å². The normalized spacial score (nSPS) is 13.4. The monoisotopic (exact) mass is 281 g/mol. The fourth-order valence-electron chi connectivity index (χ4n) is 2.63. The van der Waals surface area contributed by atoms with Crippen LogP contribution in [0, 0.1) is 0 Å². The van der Waals surface area contributed by atoms with Crippen molar-refractivity contribution in [3.05, 3.63) is 28.3 Å². The molecule has 0 atom stereocenters. The number of ether oxygens (including phenoxy) is 1. The van der Waals surface area contributed by atoms with Gasteiger partial charge in [-0.25, -0.2) is 0 Å². The molecule has 0 spiro atoms. The van der Waals surface area contributed by atoms with Gasteiger partial charge in [-0.3, -0.25) is 0 Å². The van der Waals surface area contributed by atoms with Crippen LogP contribution in [0.2, 0.25) is 5.02 Å². The van der Waals surface area contributed by atoms with Crippen molar-refractivity contribution in [3.8, 4) is 5.75 Å². The number of hydrogen-bond acceptors (Lipinski definition) is 2. The topological polar surface area (TPSA) is 21.3 Å². The Morgan fingerprint density at radius 3 is 2.89 bits per heavy atom. The molecular formula is C16H24ClNO. The third kappa shape index (κ3) is 4.39. The summed E-state index contributed by atoms with van der Waals surface area (Å²) in [5.74, 6) is 1.11. The molecule has 1 heterocycles. The number of benzene rings is 1. The van der Waals surface area contributed by atoms with E-state index in [9.17, 15) is 0 Å². The van der Waals surface area contributed by atoms with Crippen LogP contribution in [0.5, 0.6) is 5.75 Å². The maximum absolute atomic E-state index is 6.16. The van der Waals surface area contributed by atoms with Crippen molar-refractivity contribution in [1.82, 2.24) is 5.32 Å². The lowest BCUT2D eigenvalue weighted by Crippen LogP contribution is -2.13. The first-order valence-corrected chi connectivity index (χ1v) is 7.84. The van der Waals surface area contributed by atoms with Gasteiger partial charge in [0.2, 0.25) is 0 Å². The van der Waals surface area contributed by atoms with Crippen LogP contribution in [0.4, 0.5) is 0 Å². The SMILES string of the molecule is CCNCCCCCCc1cc(Cl)cc2c1OCC2. The Bertz CT molecular complexity index is 406. The summed E-state index contributed by atoms with van der Waals surface area (Å²) < 4.78 is 5.73. The number of halogens is 1. The van der Waals surface area contributed by atoms with Gasteiger partial charge >= 0.3 is 0 Å². The minimum Gasteiger partial charge on any atom is -0.493 e. The molecule has 0 saturated heterocycles. The molecule has 1 aromatic rings. The Morgan fingerprint density at radius 1 is 1.21 bits per heavy atom. The molecule has 1 aliphatic heterocycles. The molecule has 0 aliphatic carbocycles. The first-order valence-electron chi connectivity index (χ1n) is 7.46. The molecule has 2 nitrogen and oxygen atoms in total. The molecule has 0 saturated carbocycles. The summed E-state index contributed by atoms with van der Waals surface area (Å²) in [5, 5.41) is 4.21. The van der Waals surface area contributed by atoms with Gasteiger partial charge in [-0.2, -0.15) is 0 Å². The smallest absolute Gasteiger partial charge is 0.125 e. The van der Waals surface area contributed by atoms with E-state index in [-0.39, 0.29) is 0 Å². The quantitative estimate of drug-likeness (QED) is 0.728. The van der Waals surface area contributed by atoms with Gasteiger partial charge < -0.3 is 10.1 Å². The number of hydrogen-bond donors (Lipinski definition) is 1. The standard InChI is InChI=1S/C16H24ClNO/c1-2-18-9-6-4-3-5-7-13-11-15(17)12-14-8-10-19-16(13)14/h11-12,18H,2-10H2,1H3. The lowest BCUT2D eigenvalue weighted by molar-refractivity contribution is 0.353. The minimum atomic E-state index is 0.811. The highest BCUT2D eigenvalue weighted by molar-refractivity contribution is 6.30. The van der Waals surface area contributed by atoms with Crippen molar-refractivity contribution in [2.45, 2.75) is 45.4 Å². The Labute approximate surface area is 121 Å². The maximum atomic E-state index is 6.16. The third-order valence-corrected chi connectivity index (χ3v) is 3.84. The molecule has 0 fully saturated rings. The van der Waals surface area contributed by atoms with E-state index in [1.54, 1.807) is 0 Å². The van der Waals surface area contributed by atoms with Crippen molar-refractivity contribution in [3.63, 3.8) is 0 Å². The van der Waals surface area contributed by atoms with Gasteiger partial charge in [0.1, 0.15) is 5.75 Å². The first-order chi connectivity index (χ1) is 9.31. The summed E-state index contributed by atoms with van der Waals surface area (Å²) >= 11 is 6.16. The largest absolute Gasteiger partial charge is 0.493 e. The average Bonchev–Trinajstić information content (AvgIpc) is 2.85. The minimum absolute atomic E-state index is 0.811. The van der Waals surface area contributed by atoms with Gasteiger partial charge in [-0.05, 0) is 55.6 Å². The molecule has 3 heteroatoms. The molecule has 0 bridgehead atoms. The van der Waals surface area contributed by atoms with Crippen LogP contribution < -0.4 is 10.1 Å². The van der Waals surface area contributed by atoms with E-state index in [0.29, 0.717) is 0 Å². The number of unbranched alkanes of at least 4 members (excludes halogenated alkanes) is 3. The Morgan fingerprint density at radius 2 is 2.05 bits per heavy atom. The van der Waals surface area contributed by atoms with Crippen molar-refractivity contribution >= 4 is 11.6 Å². The molecule has 0 amide bonds. The first kappa shape index (κ1) is 14.7. The lowest BCUT2D eigenvalue weighted by Gasteiger charge is -2.09. The van der Waals surface area contributed by atoms with Crippen LogP contribution >= 0.6 is 11.6 Å². The van der Waals surface area contributed by atoms with Crippen molar-refractivity contribution < 1.29 is 4.74 Å². The van der Waals surface area contributed by atoms with Crippen LogP contribution in [-0.4, -0.2) is 19.7 Å². The number of rotatable bonds is 8. The van der Waals surface area contributed by atoms with E-state index in [0.717, 1.165) is 43.3 Å². The fourth-order valence-corrected chi connectivity index (χ4v) is 2.89. The summed E-state index contributed by atoms with van der Waals surface area (Å²) in [5.41, 5.74) is 2.58. The summed E-state index contributed by atoms with van der Waals surface area (Å²) in [6, 6.07) is 4.12. The fraction of sp³-hybridized carbons (Fsp3) is 0.625. The van der Waals surface area contributed by atoms with Gasteiger partial charge in [-0.1, -0.05) is 31.4 Å². The van der Waals surface area contributed by atoms with E-state index in [2.05, 4.69) is 18.3 Å². The highest BCUT2D eigenvalue weighted by Crippen LogP contribution is 2.33. The second-order valence-electron chi connectivity index (χ2n) is 5.17. The van der Waals surface area contributed by atoms with E-state index in [4.69, 9.17) is 16.3 Å². The van der Waals surface area contributed by atoms with Gasteiger partial charge in [0, 0.05) is 11.4 Å². The second-order valence-corrected chi connectivity index (χ2v) is 5.61. The van der Waals surface area contributed by atoms with Crippen LogP contribution in [0.25, 0.3) is 0 Å². The van der Waals surface area contributed by atoms with E-state index < -0.39 is 0 Å². The summed E-state index contributed by atoms with van der Waals surface area (Å²) in [6.07, 6.45) is 7.18. The van der Waals surface area contributed by atoms with Gasteiger partial charge in [0.25, 0.3) is 0 Å². The van der Waals surface area contributed by atoms with Crippen LogP contribution in [0.3, 0.4) is 0 Å². The zero-order valence-electron chi connectivity index (χ0n) is 11.8. The van der Waals surface area contributed by atoms with Crippen molar-refractivity contribution in [1.29, 1.82) is 0 Å². The molecule has 0 aromatic heterocycles. The van der Waals surface area contributed by atoms with Crippen molar-refractivity contribution in [2.75, 3.05) is 19.7 Å². The second kappa shape index (κ2) is 7.76. The lowest BCUT2D eigenvalue weighted by atomic mass is 10.0. The molecule has 1 aromatic carbocycles. The predicted molar refractivity (Wildman–Crippen MR) is 81.4 cm³/mol. The summed E-state index contributed by atoms with van der Waals surface area (Å²) in [6.45, 7) is 5.18. The molecule has 1 N–H and O–H groups in total. The zero-order chi connectivity index (χ0) is 13.5. The molecule has 0 unspecified atom stereocenters. The van der Waals surface area contributed by atoms with Gasteiger partial charge in [0.15, 0.2) is 0 Å². The zero-order valence-corrected chi connectivity index (χ0v) is 12.6. The number of nitrogens with one attached hydrogen (secondary N) is 1.